The van der Waals surface area contributed by atoms with Crippen LogP contribution in [-0.2, 0) is 22.1 Å². The van der Waals surface area contributed by atoms with E-state index < -0.39 is 16.6 Å². The highest BCUT2D eigenvalue weighted by Crippen LogP contribution is 2.46. The largest absolute Gasteiger partial charge is 0.411 e. The molecule has 4 heterocycles. The minimum absolute atomic E-state index is 0.593. The molecular formula is C42H56O2S4Si2. The number of thiophene rings is 4. The molecule has 0 saturated carbocycles. The van der Waals surface area contributed by atoms with Gasteiger partial charge in [-0.1, -0.05) is 83.1 Å². The maximum atomic E-state index is 6.98. The Morgan fingerprint density at radius 3 is 1.02 bits per heavy atom. The van der Waals surface area contributed by atoms with Crippen molar-refractivity contribution < 1.29 is 8.85 Å². The number of benzene rings is 2. The fourth-order valence-electron chi connectivity index (χ4n) is 9.27. The molecule has 0 spiro atoms. The second-order valence-electron chi connectivity index (χ2n) is 16.0. The minimum atomic E-state index is -1.90. The summed E-state index contributed by atoms with van der Waals surface area (Å²) in [5.74, 6) is 0. The van der Waals surface area contributed by atoms with Crippen molar-refractivity contribution in [2.24, 2.45) is 0 Å². The first-order valence-electron chi connectivity index (χ1n) is 18.5. The van der Waals surface area contributed by atoms with Crippen LogP contribution in [0.1, 0.15) is 103 Å². The first-order chi connectivity index (χ1) is 23.7. The third kappa shape index (κ3) is 6.93. The molecule has 2 nitrogen and oxygen atoms in total. The summed E-state index contributed by atoms with van der Waals surface area (Å²) >= 11 is 7.57. The Hall–Kier alpha value is -1.63. The molecular weight excluding hydrogens is 721 g/mol. The molecule has 0 atom stereocenters. The summed E-state index contributed by atoms with van der Waals surface area (Å²) in [5, 5.41) is 5.45. The van der Waals surface area contributed by atoms with Gasteiger partial charge in [0, 0.05) is 59.9 Å². The molecule has 0 bridgehead atoms. The molecule has 2 aromatic carbocycles. The lowest BCUT2D eigenvalue weighted by atomic mass is 10.1. The van der Waals surface area contributed by atoms with E-state index in [1.54, 1.807) is 0 Å². The van der Waals surface area contributed by atoms with E-state index in [2.05, 4.69) is 144 Å². The van der Waals surface area contributed by atoms with Crippen LogP contribution in [0.2, 0.25) is 33.2 Å². The van der Waals surface area contributed by atoms with E-state index >= 15 is 0 Å². The summed E-state index contributed by atoms with van der Waals surface area (Å²) in [7, 11) is -3.81. The van der Waals surface area contributed by atoms with Crippen molar-refractivity contribution in [3.05, 3.63) is 68.0 Å². The molecule has 268 valence electrons. The maximum Gasteiger partial charge on any atom is 0.200 e. The summed E-state index contributed by atoms with van der Waals surface area (Å²) < 4.78 is 19.4. The van der Waals surface area contributed by atoms with Crippen LogP contribution in [-0.4, -0.2) is 16.6 Å². The van der Waals surface area contributed by atoms with Gasteiger partial charge in [0.25, 0.3) is 0 Å². The number of hydrogen-bond donors (Lipinski definition) is 0. The van der Waals surface area contributed by atoms with Crippen LogP contribution in [0.3, 0.4) is 0 Å². The standard InChI is InChI=1S/C42H56O2S4Si2/c1-25(2)49(26(3)4,27(5)6)43-23-33-21-37-35-19-31(45-39(35)15-17-41(37)47-33)13-14-32-20-36-38-22-34(48-42(38)18-16-40(36)46-32)24-44-50(28(7)8,29(9)10)30(11)12/h13-22,25-30H,23-24H2,1-12H3/b14-13+. The molecule has 0 amide bonds. The molecule has 0 aliphatic rings. The summed E-state index contributed by atoms with van der Waals surface area (Å²) in [6.07, 6.45) is 4.62. The van der Waals surface area contributed by atoms with Gasteiger partial charge in [0.2, 0.25) is 16.6 Å². The van der Waals surface area contributed by atoms with E-state index in [0.717, 1.165) is 13.2 Å². The van der Waals surface area contributed by atoms with Crippen molar-refractivity contribution in [3.63, 3.8) is 0 Å². The lowest BCUT2D eigenvalue weighted by Gasteiger charge is -2.42. The predicted molar refractivity (Wildman–Crippen MR) is 235 cm³/mol. The average Bonchev–Trinajstić information content (AvgIpc) is 3.82. The zero-order valence-electron chi connectivity index (χ0n) is 32.1. The topological polar surface area (TPSA) is 18.5 Å². The Balaban J connectivity index is 1.22. The highest BCUT2D eigenvalue weighted by atomic mass is 32.1. The fraction of sp³-hybridized carbons (Fsp3) is 0.476. The van der Waals surface area contributed by atoms with Crippen LogP contribution in [0.15, 0.2) is 48.5 Å². The van der Waals surface area contributed by atoms with Crippen molar-refractivity contribution >= 4 is 114 Å². The van der Waals surface area contributed by atoms with E-state index in [4.69, 9.17) is 8.85 Å². The molecule has 0 aliphatic heterocycles. The van der Waals surface area contributed by atoms with Gasteiger partial charge in [-0.25, -0.2) is 0 Å². The molecule has 0 aliphatic carbocycles. The van der Waals surface area contributed by atoms with Gasteiger partial charge in [-0.05, 0) is 93.9 Å². The Bertz CT molecular complexity index is 1930. The number of hydrogen-bond acceptors (Lipinski definition) is 6. The molecule has 6 aromatic rings. The predicted octanol–water partition coefficient (Wildman–Crippen LogP) is 16.1. The minimum Gasteiger partial charge on any atom is -0.411 e. The van der Waals surface area contributed by atoms with Crippen LogP contribution < -0.4 is 0 Å². The molecule has 0 saturated heterocycles. The zero-order chi connectivity index (χ0) is 36.1. The summed E-state index contributed by atoms with van der Waals surface area (Å²) in [4.78, 5) is 5.28. The van der Waals surface area contributed by atoms with E-state index in [-0.39, 0.29) is 0 Å². The smallest absolute Gasteiger partial charge is 0.200 e. The van der Waals surface area contributed by atoms with Gasteiger partial charge in [-0.15, -0.1) is 45.3 Å². The third-order valence-electron chi connectivity index (χ3n) is 11.3. The molecule has 0 fully saturated rings. The first kappa shape index (κ1) is 38.1. The monoisotopic (exact) mass is 776 g/mol. The molecule has 0 unspecified atom stereocenters. The lowest BCUT2D eigenvalue weighted by molar-refractivity contribution is 0.269. The van der Waals surface area contributed by atoms with Crippen molar-refractivity contribution in [3.8, 4) is 0 Å². The van der Waals surface area contributed by atoms with Crippen LogP contribution in [0.5, 0.6) is 0 Å². The second-order valence-corrected chi connectivity index (χ2v) is 31.5. The lowest BCUT2D eigenvalue weighted by Crippen LogP contribution is -2.47. The van der Waals surface area contributed by atoms with Gasteiger partial charge in [0.05, 0.1) is 13.2 Å². The Labute approximate surface area is 318 Å². The molecule has 4 aromatic heterocycles. The van der Waals surface area contributed by atoms with E-state index in [1.165, 1.54) is 59.9 Å². The van der Waals surface area contributed by atoms with Gasteiger partial charge in [0.15, 0.2) is 0 Å². The number of fused-ring (bicyclic) bond motifs is 6. The average molecular weight is 777 g/mol. The van der Waals surface area contributed by atoms with Crippen molar-refractivity contribution in [1.82, 2.24) is 0 Å². The summed E-state index contributed by atoms with van der Waals surface area (Å²) in [5.41, 5.74) is 3.56. The molecule has 50 heavy (non-hydrogen) atoms. The molecule has 8 heteroatoms. The normalized spacial score (nSPS) is 13.7. The van der Waals surface area contributed by atoms with Crippen molar-refractivity contribution in [2.45, 2.75) is 130 Å². The van der Waals surface area contributed by atoms with Crippen molar-refractivity contribution in [1.29, 1.82) is 0 Å². The first-order valence-corrected chi connectivity index (χ1v) is 26.1. The Morgan fingerprint density at radius 1 is 0.440 bits per heavy atom. The van der Waals surface area contributed by atoms with Crippen LogP contribution in [0.25, 0.3) is 52.5 Å². The van der Waals surface area contributed by atoms with E-state index in [0.29, 0.717) is 33.2 Å². The quantitative estimate of drug-likeness (QED) is 0.103. The van der Waals surface area contributed by atoms with Crippen LogP contribution >= 0.6 is 45.3 Å². The highest BCUT2D eigenvalue weighted by molar-refractivity contribution is 7.22. The van der Waals surface area contributed by atoms with Gasteiger partial charge < -0.3 is 8.85 Å². The van der Waals surface area contributed by atoms with Crippen LogP contribution in [0.4, 0.5) is 0 Å². The van der Waals surface area contributed by atoms with Gasteiger partial charge in [-0.3, -0.25) is 0 Å². The third-order valence-corrected chi connectivity index (χ3v) is 27.7. The maximum absolute atomic E-state index is 6.98. The summed E-state index contributed by atoms with van der Waals surface area (Å²) in [6.45, 7) is 29.9. The Kier molecular flexibility index (Phi) is 11.4. The van der Waals surface area contributed by atoms with E-state index in [1.807, 2.05) is 45.3 Å². The van der Waals surface area contributed by atoms with Gasteiger partial charge in [0.1, 0.15) is 0 Å². The number of rotatable bonds is 14. The van der Waals surface area contributed by atoms with Gasteiger partial charge in [-0.2, -0.15) is 0 Å². The molecule has 6 rings (SSSR count). The van der Waals surface area contributed by atoms with Gasteiger partial charge >= 0.3 is 0 Å². The SMILES string of the molecule is CC(C)[Si](OCc1cc2c(ccc3sc(/C=C/c4cc5c(ccc6sc(CO[Si](C(C)C)(C(C)C)C(C)C)cc65)s4)cc32)s1)(C(C)C)C(C)C. The molecule has 0 N–H and O–H groups in total. The van der Waals surface area contributed by atoms with Crippen molar-refractivity contribution in [2.75, 3.05) is 0 Å². The summed E-state index contributed by atoms with van der Waals surface area (Å²) in [6, 6.07) is 18.8. The molecule has 0 radical (unpaired) electrons. The van der Waals surface area contributed by atoms with E-state index in [9.17, 15) is 0 Å². The Morgan fingerprint density at radius 2 is 0.720 bits per heavy atom. The van der Waals surface area contributed by atoms with Crippen LogP contribution in [0, 0.1) is 0 Å². The second kappa shape index (κ2) is 15.0. The fourth-order valence-corrected chi connectivity index (χ4v) is 24.2. The highest BCUT2D eigenvalue weighted by Gasteiger charge is 2.46. The zero-order valence-corrected chi connectivity index (χ0v) is 37.4.